The van der Waals surface area contributed by atoms with Crippen LogP contribution in [0.4, 0.5) is 0 Å². The summed E-state index contributed by atoms with van der Waals surface area (Å²) in [6.07, 6.45) is 38.9. The predicted molar refractivity (Wildman–Crippen MR) is 222 cm³/mol. The van der Waals surface area contributed by atoms with Crippen LogP contribution in [0.5, 0.6) is 0 Å². The van der Waals surface area contributed by atoms with Gasteiger partial charge in [0.15, 0.2) is 0 Å². The summed E-state index contributed by atoms with van der Waals surface area (Å²) in [6.45, 7) is 14.1. The Morgan fingerprint density at radius 1 is 0.792 bits per heavy atom. The van der Waals surface area contributed by atoms with E-state index in [2.05, 4.69) is 99.5 Å². The Balaban J connectivity index is 4.72. The van der Waals surface area contributed by atoms with E-state index in [4.69, 9.17) is 9.29 Å². The molecule has 0 aliphatic carbocycles. The number of carbonyl (C=O) groups is 2. The summed E-state index contributed by atoms with van der Waals surface area (Å²) in [6, 6.07) is 0. The molecule has 0 aliphatic rings. The van der Waals surface area contributed by atoms with Gasteiger partial charge in [0.25, 0.3) is 10.1 Å². The summed E-state index contributed by atoms with van der Waals surface area (Å²) in [4.78, 5) is 25.1. The van der Waals surface area contributed by atoms with Crippen molar-refractivity contribution in [2.45, 2.75) is 155 Å². The molecule has 0 heterocycles. The summed E-state index contributed by atoms with van der Waals surface area (Å²) < 4.78 is 36.7. The fourth-order valence-corrected chi connectivity index (χ4v) is 6.03. The van der Waals surface area contributed by atoms with Gasteiger partial charge in [0.05, 0.1) is 11.4 Å². The van der Waals surface area contributed by atoms with Gasteiger partial charge in [-0.3, -0.25) is 14.1 Å². The van der Waals surface area contributed by atoms with Crippen LogP contribution in [0.25, 0.3) is 0 Å². The Hall–Kier alpha value is -3.01. The average Bonchev–Trinajstić information content (AvgIpc) is 3.04. The average molecular weight is 760 g/mol. The topological polar surface area (TPSA) is 130 Å². The molecule has 0 radical (unpaired) electrons. The summed E-state index contributed by atoms with van der Waals surface area (Å²) in [7, 11) is -4.16. The number of esters is 1. The van der Waals surface area contributed by atoms with Crippen LogP contribution >= 0.6 is 0 Å². The van der Waals surface area contributed by atoms with E-state index >= 15 is 0 Å². The third-order valence-corrected chi connectivity index (χ3v) is 9.28. The van der Waals surface area contributed by atoms with Gasteiger partial charge in [-0.15, -0.1) is 0 Å². The lowest BCUT2D eigenvalue weighted by atomic mass is 9.90. The van der Waals surface area contributed by atoms with Crippen molar-refractivity contribution in [1.82, 2.24) is 5.32 Å². The zero-order valence-electron chi connectivity index (χ0n) is 33.6. The largest absolute Gasteiger partial charge is 0.462 e. The highest BCUT2D eigenvalue weighted by atomic mass is 32.2. The number of rotatable bonds is 32. The Labute approximate surface area is 323 Å². The first-order chi connectivity index (χ1) is 25.1. The Morgan fingerprint density at radius 2 is 1.28 bits per heavy atom. The first kappa shape index (κ1) is 50.0. The summed E-state index contributed by atoms with van der Waals surface area (Å²) in [5.41, 5.74) is -0.0322. The van der Waals surface area contributed by atoms with Crippen molar-refractivity contribution >= 4 is 22.0 Å². The van der Waals surface area contributed by atoms with Crippen molar-refractivity contribution in [3.63, 3.8) is 0 Å². The van der Waals surface area contributed by atoms with Crippen LogP contribution in [-0.2, 0) is 24.4 Å². The molecule has 0 fully saturated rings. The molecule has 8 nitrogen and oxygen atoms in total. The molecule has 0 aliphatic heterocycles. The minimum absolute atomic E-state index is 0.0192. The van der Waals surface area contributed by atoms with Gasteiger partial charge >= 0.3 is 5.97 Å². The predicted octanol–water partition coefficient (Wildman–Crippen LogP) is 10.5. The van der Waals surface area contributed by atoms with Crippen LogP contribution < -0.4 is 5.32 Å². The number of amides is 1. The Bertz CT molecular complexity index is 1280. The Kier molecular flexibility index (Phi) is 29.6. The number of nitrogens with one attached hydrogen (secondary N) is 1. The second kappa shape index (κ2) is 31.4. The number of aliphatic hydroxyl groups is 1. The van der Waals surface area contributed by atoms with Crippen molar-refractivity contribution in [2.75, 3.05) is 12.3 Å². The van der Waals surface area contributed by atoms with E-state index in [1.807, 2.05) is 19.9 Å². The highest BCUT2D eigenvalue weighted by Crippen LogP contribution is 2.25. The molecule has 0 saturated heterocycles. The molecule has 0 aromatic heterocycles. The minimum atomic E-state index is -4.16. The molecule has 3 N–H and O–H groups in total. The normalized spacial score (nSPS) is 14.7. The molecular weight excluding hydrogens is 687 g/mol. The lowest BCUT2D eigenvalue weighted by Gasteiger charge is -2.23. The second-order valence-corrected chi connectivity index (χ2v) is 16.5. The van der Waals surface area contributed by atoms with Crippen LogP contribution in [0.15, 0.2) is 85.1 Å². The highest BCUT2D eigenvalue weighted by Gasteiger charge is 2.20. The quantitative estimate of drug-likeness (QED) is 0.0354. The maximum absolute atomic E-state index is 12.8. The monoisotopic (exact) mass is 760 g/mol. The van der Waals surface area contributed by atoms with Crippen molar-refractivity contribution < 1.29 is 32.4 Å². The summed E-state index contributed by atoms with van der Waals surface area (Å²) >= 11 is 0. The smallest absolute Gasteiger partial charge is 0.306 e. The van der Waals surface area contributed by atoms with Gasteiger partial charge in [-0.2, -0.15) is 8.42 Å². The van der Waals surface area contributed by atoms with Gasteiger partial charge in [-0.1, -0.05) is 138 Å². The molecule has 302 valence electrons. The standard InChI is InChI=1S/C44H73NO7S/c1-7-8-9-10-11-12-13-14-15-16-17-18-19-20-21-22-23-24-25-31-43(47)52-41(36-40(4)37-42(46)45-33-34-53(49,50)51)35-39(3)29-26-28-38(2)30-27-32-44(5,6)48/h8-9,11-12,14-15,17-18,20-21,23-24,38-39,41,48H,4,7,10,13,16,19,22,25-37H2,1-3,5-6H3,(H,45,46)(H,49,50,51)/b9-8-,12-11-,15-14-,18-17-,21-20-,24-23-/t38-,39+,41?/m0/s1. The molecule has 0 aromatic carbocycles. The third-order valence-electron chi connectivity index (χ3n) is 8.56. The third kappa shape index (κ3) is 37.1. The summed E-state index contributed by atoms with van der Waals surface area (Å²) in [5.74, 6) is -0.361. The first-order valence-corrected chi connectivity index (χ1v) is 21.4. The van der Waals surface area contributed by atoms with Gasteiger partial charge in [0, 0.05) is 25.8 Å². The van der Waals surface area contributed by atoms with E-state index < -0.39 is 33.5 Å². The van der Waals surface area contributed by atoms with Crippen molar-refractivity contribution in [3.8, 4) is 0 Å². The van der Waals surface area contributed by atoms with Gasteiger partial charge in [-0.05, 0) is 83.5 Å². The molecule has 1 amide bonds. The fraction of sp³-hybridized carbons (Fsp3) is 0.636. The van der Waals surface area contributed by atoms with Crippen LogP contribution in [0.3, 0.4) is 0 Å². The number of hydrogen-bond donors (Lipinski definition) is 3. The lowest BCUT2D eigenvalue weighted by molar-refractivity contribution is -0.149. The minimum Gasteiger partial charge on any atom is -0.462 e. The zero-order chi connectivity index (χ0) is 39.8. The van der Waals surface area contributed by atoms with Crippen LogP contribution in [0.2, 0.25) is 0 Å². The highest BCUT2D eigenvalue weighted by molar-refractivity contribution is 7.85. The second-order valence-electron chi connectivity index (χ2n) is 14.9. The van der Waals surface area contributed by atoms with Crippen molar-refractivity contribution in [2.24, 2.45) is 11.8 Å². The van der Waals surface area contributed by atoms with Crippen molar-refractivity contribution in [3.05, 3.63) is 85.1 Å². The Morgan fingerprint density at radius 3 is 1.79 bits per heavy atom. The number of allylic oxidation sites excluding steroid dienone is 12. The molecule has 0 bridgehead atoms. The molecular formula is C44H73NO7S. The maximum atomic E-state index is 12.8. The van der Waals surface area contributed by atoms with E-state index in [-0.39, 0.29) is 25.4 Å². The molecule has 3 atom stereocenters. The van der Waals surface area contributed by atoms with E-state index in [9.17, 15) is 23.1 Å². The van der Waals surface area contributed by atoms with Gasteiger partial charge in [0.2, 0.25) is 5.91 Å². The van der Waals surface area contributed by atoms with Crippen molar-refractivity contribution in [1.29, 1.82) is 0 Å². The van der Waals surface area contributed by atoms with Gasteiger partial charge < -0.3 is 15.2 Å². The molecule has 0 saturated carbocycles. The van der Waals surface area contributed by atoms with E-state index in [0.29, 0.717) is 36.7 Å². The molecule has 0 spiro atoms. The number of hydrogen-bond acceptors (Lipinski definition) is 6. The number of ether oxygens (including phenoxy) is 1. The van der Waals surface area contributed by atoms with Gasteiger partial charge in [-0.25, -0.2) is 0 Å². The zero-order valence-corrected chi connectivity index (χ0v) is 34.5. The SMILES string of the molecule is C=C(CC(=O)NCCS(=O)(=O)O)CC(C[C@H](C)CCC[C@H](C)CCCC(C)(C)O)OC(=O)CC/C=C\C/C=C\C/C=C\C/C=C\C/C=C\C/C=C\CC. The summed E-state index contributed by atoms with van der Waals surface area (Å²) in [5, 5.41) is 12.4. The molecule has 1 unspecified atom stereocenters. The number of carbonyl (C=O) groups excluding carboxylic acids is 2. The van der Waals surface area contributed by atoms with Gasteiger partial charge in [0.1, 0.15) is 6.10 Å². The van der Waals surface area contributed by atoms with Crippen LogP contribution in [-0.4, -0.2) is 54.0 Å². The first-order valence-electron chi connectivity index (χ1n) is 19.8. The maximum Gasteiger partial charge on any atom is 0.306 e. The molecule has 9 heteroatoms. The van der Waals surface area contributed by atoms with Crippen LogP contribution in [0.1, 0.15) is 144 Å². The lowest BCUT2D eigenvalue weighted by Crippen LogP contribution is -2.29. The van der Waals surface area contributed by atoms with Crippen LogP contribution in [0, 0.1) is 11.8 Å². The van der Waals surface area contributed by atoms with E-state index in [1.54, 1.807) is 0 Å². The van der Waals surface area contributed by atoms with E-state index in [1.165, 1.54) is 0 Å². The molecule has 53 heavy (non-hydrogen) atoms. The fourth-order valence-electron chi connectivity index (χ4n) is 5.67. The molecule has 0 aromatic rings. The molecule has 0 rings (SSSR count). The van der Waals surface area contributed by atoms with E-state index in [0.717, 1.165) is 77.0 Å².